The Morgan fingerprint density at radius 3 is 2.78 bits per heavy atom. The molecule has 0 atom stereocenters. The van der Waals surface area contributed by atoms with E-state index < -0.39 is 10.0 Å². The average molecular weight is 270 g/mol. The van der Waals surface area contributed by atoms with Crippen molar-refractivity contribution in [1.82, 2.24) is 4.72 Å². The summed E-state index contributed by atoms with van der Waals surface area (Å²) in [4.78, 5) is 0.211. The Hall–Kier alpha value is -1.11. The number of anilines is 1. The van der Waals surface area contributed by atoms with Gasteiger partial charge in [-0.1, -0.05) is 6.07 Å². The third kappa shape index (κ3) is 3.01. The van der Waals surface area contributed by atoms with Crippen LogP contribution in [-0.4, -0.2) is 27.2 Å². The lowest BCUT2D eigenvalue weighted by molar-refractivity contribution is -0.00475. The summed E-state index contributed by atoms with van der Waals surface area (Å²) in [5.41, 5.74) is 6.03. The highest BCUT2D eigenvalue weighted by atomic mass is 32.2. The van der Waals surface area contributed by atoms with E-state index >= 15 is 0 Å². The predicted molar refractivity (Wildman–Crippen MR) is 69.6 cm³/mol. The van der Waals surface area contributed by atoms with Crippen molar-refractivity contribution in [2.75, 3.05) is 12.3 Å². The Balaban J connectivity index is 1.97. The summed E-state index contributed by atoms with van der Waals surface area (Å²) in [6.45, 7) is 2.60. The summed E-state index contributed by atoms with van der Waals surface area (Å²) in [7, 11) is -3.47. The van der Waals surface area contributed by atoms with Crippen molar-refractivity contribution >= 4 is 15.7 Å². The summed E-state index contributed by atoms with van der Waals surface area (Å²) in [5, 5.41) is 0. The number of ether oxygens (including phenoxy) is 1. The zero-order valence-electron chi connectivity index (χ0n) is 10.3. The average Bonchev–Trinajstić information content (AvgIpc) is 2.26. The van der Waals surface area contributed by atoms with Gasteiger partial charge in [-0.3, -0.25) is 0 Å². The van der Waals surface area contributed by atoms with E-state index in [4.69, 9.17) is 10.5 Å². The topological polar surface area (TPSA) is 81.4 Å². The first-order valence-corrected chi connectivity index (χ1v) is 7.49. The molecule has 0 heterocycles. The second-order valence-corrected chi connectivity index (χ2v) is 6.15. The molecule has 0 bridgehead atoms. The van der Waals surface area contributed by atoms with Crippen molar-refractivity contribution in [3.05, 3.63) is 24.3 Å². The third-order valence-corrected chi connectivity index (χ3v) is 4.51. The quantitative estimate of drug-likeness (QED) is 0.785. The maximum Gasteiger partial charge on any atom is 0.240 e. The van der Waals surface area contributed by atoms with Gasteiger partial charge in [-0.25, -0.2) is 13.1 Å². The molecule has 0 amide bonds. The lowest BCUT2D eigenvalue weighted by Gasteiger charge is -2.35. The van der Waals surface area contributed by atoms with E-state index in [1.165, 1.54) is 12.1 Å². The first-order valence-electron chi connectivity index (χ1n) is 6.00. The van der Waals surface area contributed by atoms with Gasteiger partial charge in [-0.2, -0.15) is 0 Å². The van der Waals surface area contributed by atoms with Crippen LogP contribution in [0.2, 0.25) is 0 Å². The van der Waals surface area contributed by atoms with Crippen molar-refractivity contribution in [1.29, 1.82) is 0 Å². The van der Waals surface area contributed by atoms with Crippen molar-refractivity contribution in [2.24, 2.45) is 0 Å². The van der Waals surface area contributed by atoms with Gasteiger partial charge >= 0.3 is 0 Å². The molecule has 3 N–H and O–H groups in total. The number of benzene rings is 1. The molecular formula is C12H18N2O3S. The Morgan fingerprint density at radius 2 is 2.17 bits per heavy atom. The minimum absolute atomic E-state index is 0.0343. The third-order valence-electron chi connectivity index (χ3n) is 2.99. The summed E-state index contributed by atoms with van der Waals surface area (Å²) in [6.07, 6.45) is 1.65. The van der Waals surface area contributed by atoms with Crippen LogP contribution >= 0.6 is 0 Å². The fourth-order valence-electron chi connectivity index (χ4n) is 2.00. The first-order chi connectivity index (χ1) is 8.51. The zero-order chi connectivity index (χ0) is 13.2. The minimum Gasteiger partial charge on any atom is -0.399 e. The molecule has 1 aliphatic rings. The maximum atomic E-state index is 12.0. The lowest BCUT2D eigenvalue weighted by atomic mass is 9.90. The second kappa shape index (κ2) is 5.26. The van der Waals surface area contributed by atoms with Gasteiger partial charge in [0, 0.05) is 18.3 Å². The molecule has 0 aliphatic heterocycles. The standard InChI is InChI=1S/C12H18N2O3S/c1-2-17-11-7-10(8-11)14-18(15,16)12-5-3-4-9(13)6-12/h3-6,10-11,14H,2,7-8,13H2,1H3. The first kappa shape index (κ1) is 13.3. The molecule has 0 unspecified atom stereocenters. The molecular weight excluding hydrogens is 252 g/mol. The zero-order valence-corrected chi connectivity index (χ0v) is 11.1. The molecule has 2 rings (SSSR count). The van der Waals surface area contributed by atoms with Gasteiger partial charge in [-0.15, -0.1) is 0 Å². The summed E-state index contributed by atoms with van der Waals surface area (Å²) in [5.74, 6) is 0. The smallest absolute Gasteiger partial charge is 0.240 e. The molecule has 0 aromatic heterocycles. The number of sulfonamides is 1. The van der Waals surface area contributed by atoms with Gasteiger partial charge in [0.2, 0.25) is 10.0 Å². The monoisotopic (exact) mass is 270 g/mol. The van der Waals surface area contributed by atoms with Gasteiger partial charge < -0.3 is 10.5 Å². The van der Waals surface area contributed by atoms with Crippen molar-refractivity contribution in [3.63, 3.8) is 0 Å². The number of hydrogen-bond donors (Lipinski definition) is 2. The van der Waals surface area contributed by atoms with E-state index in [1.54, 1.807) is 12.1 Å². The fourth-order valence-corrected chi connectivity index (χ4v) is 3.32. The van der Waals surface area contributed by atoms with Gasteiger partial charge in [0.25, 0.3) is 0 Å². The van der Waals surface area contributed by atoms with Gasteiger partial charge in [0.15, 0.2) is 0 Å². The van der Waals surface area contributed by atoms with Crippen LogP contribution in [-0.2, 0) is 14.8 Å². The van der Waals surface area contributed by atoms with Gasteiger partial charge in [0.1, 0.15) is 0 Å². The Bertz CT molecular complexity index is 510. The molecule has 1 aromatic carbocycles. The highest BCUT2D eigenvalue weighted by Crippen LogP contribution is 2.25. The number of nitrogens with two attached hydrogens (primary N) is 1. The van der Waals surface area contributed by atoms with Crippen LogP contribution in [0.5, 0.6) is 0 Å². The van der Waals surface area contributed by atoms with Crippen LogP contribution in [0.15, 0.2) is 29.2 Å². The van der Waals surface area contributed by atoms with Gasteiger partial charge in [0.05, 0.1) is 11.0 Å². The molecule has 1 fully saturated rings. The molecule has 1 aliphatic carbocycles. The summed E-state index contributed by atoms with van der Waals surface area (Å²) < 4.78 is 32.1. The van der Waals surface area contributed by atoms with E-state index in [0.29, 0.717) is 12.3 Å². The highest BCUT2D eigenvalue weighted by Gasteiger charge is 2.33. The largest absolute Gasteiger partial charge is 0.399 e. The van der Waals surface area contributed by atoms with Crippen LogP contribution < -0.4 is 10.5 Å². The summed E-state index contributed by atoms with van der Waals surface area (Å²) >= 11 is 0. The van der Waals surface area contributed by atoms with E-state index in [1.807, 2.05) is 6.92 Å². The number of hydrogen-bond acceptors (Lipinski definition) is 4. The van der Waals surface area contributed by atoms with Crippen molar-refractivity contribution in [2.45, 2.75) is 36.8 Å². The Kier molecular flexibility index (Phi) is 3.89. The minimum atomic E-state index is -3.47. The second-order valence-electron chi connectivity index (χ2n) is 4.44. The summed E-state index contributed by atoms with van der Waals surface area (Å²) in [6, 6.07) is 6.26. The molecule has 1 saturated carbocycles. The molecule has 0 saturated heterocycles. The molecule has 1 aromatic rings. The number of nitrogen functional groups attached to an aromatic ring is 1. The predicted octanol–water partition coefficient (Wildman–Crippen LogP) is 1.11. The molecule has 0 spiro atoms. The van der Waals surface area contributed by atoms with Crippen LogP contribution in [0.4, 0.5) is 5.69 Å². The fraction of sp³-hybridized carbons (Fsp3) is 0.500. The Labute approximate surface area is 107 Å². The molecule has 100 valence electrons. The number of rotatable bonds is 5. The SMILES string of the molecule is CCOC1CC(NS(=O)(=O)c2cccc(N)c2)C1. The molecule has 18 heavy (non-hydrogen) atoms. The maximum absolute atomic E-state index is 12.0. The molecule has 5 nitrogen and oxygen atoms in total. The lowest BCUT2D eigenvalue weighted by Crippen LogP contribution is -2.47. The van der Waals surface area contributed by atoms with E-state index in [-0.39, 0.29) is 17.0 Å². The van der Waals surface area contributed by atoms with Crippen LogP contribution in [0.1, 0.15) is 19.8 Å². The highest BCUT2D eigenvalue weighted by molar-refractivity contribution is 7.89. The number of nitrogens with one attached hydrogen (secondary N) is 1. The molecule has 0 radical (unpaired) electrons. The van der Waals surface area contributed by atoms with Crippen LogP contribution in [0.3, 0.4) is 0 Å². The van der Waals surface area contributed by atoms with Crippen LogP contribution in [0, 0.1) is 0 Å². The normalized spacial score (nSPS) is 23.6. The van der Waals surface area contributed by atoms with Crippen molar-refractivity contribution < 1.29 is 13.2 Å². The molecule has 6 heteroatoms. The van der Waals surface area contributed by atoms with E-state index in [9.17, 15) is 8.42 Å². The van der Waals surface area contributed by atoms with Crippen molar-refractivity contribution in [3.8, 4) is 0 Å². The Morgan fingerprint density at radius 1 is 1.44 bits per heavy atom. The van der Waals surface area contributed by atoms with Gasteiger partial charge in [-0.05, 0) is 38.0 Å². The van der Waals surface area contributed by atoms with E-state index in [2.05, 4.69) is 4.72 Å². The van der Waals surface area contributed by atoms with Crippen LogP contribution in [0.25, 0.3) is 0 Å². The van der Waals surface area contributed by atoms with E-state index in [0.717, 1.165) is 12.8 Å².